The average Bonchev–Trinajstić information content (AvgIpc) is 3.05. The number of amides is 1. The number of imidazole rings is 1. The highest BCUT2D eigenvalue weighted by Crippen LogP contribution is 2.40. The number of hydrogen-bond donors (Lipinski definition) is 0. The summed E-state index contributed by atoms with van der Waals surface area (Å²) in [6, 6.07) is 1.79. The Kier molecular flexibility index (Phi) is 3.58. The zero-order valence-electron chi connectivity index (χ0n) is 14.3. The van der Waals surface area contributed by atoms with Crippen molar-refractivity contribution in [2.45, 2.75) is 44.8 Å². The van der Waals surface area contributed by atoms with Crippen LogP contribution in [0.1, 0.15) is 53.1 Å². The van der Waals surface area contributed by atoms with E-state index in [9.17, 15) is 4.79 Å². The molecule has 1 amide bonds. The van der Waals surface area contributed by atoms with Crippen molar-refractivity contribution in [3.8, 4) is 0 Å². The van der Waals surface area contributed by atoms with E-state index in [1.807, 2.05) is 10.8 Å². The molecule has 1 aliphatic carbocycles. The normalized spacial score (nSPS) is 17.2. The average molecular weight is 353 g/mol. The van der Waals surface area contributed by atoms with E-state index in [1.165, 1.54) is 0 Å². The molecule has 0 aromatic carbocycles. The van der Waals surface area contributed by atoms with Gasteiger partial charge in [0.05, 0.1) is 19.4 Å². The van der Waals surface area contributed by atoms with Crippen LogP contribution in [0.3, 0.4) is 0 Å². The molecule has 1 aliphatic heterocycles. The third-order valence-electron chi connectivity index (χ3n) is 4.94. The smallest absolute Gasteiger partial charge is 0.276 e. The van der Waals surface area contributed by atoms with Gasteiger partial charge in [-0.2, -0.15) is 0 Å². The van der Waals surface area contributed by atoms with E-state index in [0.717, 1.165) is 43.2 Å². The van der Waals surface area contributed by atoms with Crippen LogP contribution in [-0.4, -0.2) is 46.8 Å². The lowest BCUT2D eigenvalue weighted by Gasteiger charge is -2.17. The molecule has 0 unspecified atom stereocenters. The van der Waals surface area contributed by atoms with Gasteiger partial charge in [-0.3, -0.25) is 4.79 Å². The summed E-state index contributed by atoms with van der Waals surface area (Å²) in [5.74, 6) is 2.85. The van der Waals surface area contributed by atoms with Gasteiger partial charge in [-0.05, 0) is 19.3 Å². The van der Waals surface area contributed by atoms with Gasteiger partial charge < -0.3 is 18.6 Å². The number of carbonyl (C=O) groups excluding carboxylic acids is 1. The molecule has 5 rings (SSSR count). The lowest BCUT2D eigenvalue weighted by atomic mass is 10.2. The van der Waals surface area contributed by atoms with Crippen LogP contribution in [0, 0.1) is 0 Å². The molecule has 9 heteroatoms. The largest absolute Gasteiger partial charge is 0.360 e. The molecule has 0 atom stereocenters. The molecule has 4 heterocycles. The molecular weight excluding hydrogens is 334 g/mol. The van der Waals surface area contributed by atoms with E-state index in [0.29, 0.717) is 31.2 Å². The molecule has 3 aromatic rings. The summed E-state index contributed by atoms with van der Waals surface area (Å²) < 4.78 is 9.39. The minimum Gasteiger partial charge on any atom is -0.360 e. The summed E-state index contributed by atoms with van der Waals surface area (Å²) >= 11 is 0. The Bertz CT molecular complexity index is 923. The third kappa shape index (κ3) is 2.79. The zero-order chi connectivity index (χ0) is 17.5. The van der Waals surface area contributed by atoms with Crippen molar-refractivity contribution in [1.29, 1.82) is 0 Å². The summed E-state index contributed by atoms with van der Waals surface area (Å²) in [4.78, 5) is 18.7. The maximum Gasteiger partial charge on any atom is 0.276 e. The summed E-state index contributed by atoms with van der Waals surface area (Å²) in [6.07, 6.45) is 8.49. The molecule has 0 spiro atoms. The van der Waals surface area contributed by atoms with Crippen molar-refractivity contribution < 1.29 is 9.32 Å². The molecule has 134 valence electrons. The van der Waals surface area contributed by atoms with Crippen LogP contribution in [0.5, 0.6) is 0 Å². The number of hydrogen-bond acceptors (Lipinski definition) is 6. The van der Waals surface area contributed by atoms with E-state index in [4.69, 9.17) is 4.52 Å². The highest BCUT2D eigenvalue weighted by Gasteiger charge is 2.31. The van der Waals surface area contributed by atoms with Gasteiger partial charge in [0, 0.05) is 37.5 Å². The summed E-state index contributed by atoms with van der Waals surface area (Å²) in [5.41, 5.74) is 0.388. The molecule has 1 saturated carbocycles. The molecule has 0 N–H and O–H groups in total. The molecule has 0 saturated heterocycles. The summed E-state index contributed by atoms with van der Waals surface area (Å²) in [7, 11) is 0. The SMILES string of the molecule is O=C(c1cc(C2CC2)on1)N1CCCn2c(nnc2Cn2ccnc2)C1. The van der Waals surface area contributed by atoms with Crippen LogP contribution in [0.25, 0.3) is 0 Å². The maximum absolute atomic E-state index is 12.8. The quantitative estimate of drug-likeness (QED) is 0.704. The Morgan fingerprint density at radius 3 is 3.00 bits per heavy atom. The topological polar surface area (TPSA) is 94.9 Å². The van der Waals surface area contributed by atoms with E-state index >= 15 is 0 Å². The lowest BCUT2D eigenvalue weighted by Crippen LogP contribution is -2.31. The third-order valence-corrected chi connectivity index (χ3v) is 4.94. The van der Waals surface area contributed by atoms with Crippen LogP contribution >= 0.6 is 0 Å². The first-order valence-electron chi connectivity index (χ1n) is 8.90. The van der Waals surface area contributed by atoms with Gasteiger partial charge in [-0.15, -0.1) is 10.2 Å². The number of rotatable bonds is 4. The van der Waals surface area contributed by atoms with Crippen LogP contribution in [0.15, 0.2) is 29.3 Å². The number of aromatic nitrogens is 6. The van der Waals surface area contributed by atoms with E-state index < -0.39 is 0 Å². The first-order valence-corrected chi connectivity index (χ1v) is 8.90. The van der Waals surface area contributed by atoms with Crippen LogP contribution < -0.4 is 0 Å². The minimum absolute atomic E-state index is 0.103. The minimum atomic E-state index is -0.103. The highest BCUT2D eigenvalue weighted by atomic mass is 16.5. The Labute approximate surface area is 149 Å². The monoisotopic (exact) mass is 353 g/mol. The van der Waals surface area contributed by atoms with Crippen molar-refractivity contribution in [3.05, 3.63) is 47.9 Å². The molecule has 0 radical (unpaired) electrons. The van der Waals surface area contributed by atoms with E-state index in [1.54, 1.807) is 23.5 Å². The van der Waals surface area contributed by atoms with E-state index in [2.05, 4.69) is 24.9 Å². The molecule has 1 fully saturated rings. The van der Waals surface area contributed by atoms with E-state index in [-0.39, 0.29) is 5.91 Å². The fourth-order valence-corrected chi connectivity index (χ4v) is 3.36. The van der Waals surface area contributed by atoms with Crippen LogP contribution in [-0.2, 0) is 19.6 Å². The standard InChI is InChI=1S/C17H19N7O2/c25-17(13-8-14(26-21-13)12-2-3-12)23-5-1-6-24-15(19-20-16(24)10-23)9-22-7-4-18-11-22/h4,7-8,11-12H,1-3,5-6,9-10H2. The zero-order valence-corrected chi connectivity index (χ0v) is 14.3. The maximum atomic E-state index is 12.8. The van der Waals surface area contributed by atoms with Crippen molar-refractivity contribution >= 4 is 5.91 Å². The summed E-state index contributed by atoms with van der Waals surface area (Å²) in [6.45, 7) is 2.51. The molecule has 2 aliphatic rings. The predicted octanol–water partition coefficient (Wildman–Crippen LogP) is 1.43. The molecular formula is C17H19N7O2. The molecule has 26 heavy (non-hydrogen) atoms. The Morgan fingerprint density at radius 1 is 1.27 bits per heavy atom. The second-order valence-corrected chi connectivity index (χ2v) is 6.89. The van der Waals surface area contributed by atoms with Gasteiger partial charge in [0.1, 0.15) is 5.76 Å². The van der Waals surface area contributed by atoms with Crippen LogP contribution in [0.4, 0.5) is 0 Å². The Morgan fingerprint density at radius 2 is 2.19 bits per heavy atom. The van der Waals surface area contributed by atoms with Crippen LogP contribution in [0.2, 0.25) is 0 Å². The predicted molar refractivity (Wildman–Crippen MR) is 89.2 cm³/mol. The second kappa shape index (κ2) is 6.08. The van der Waals surface area contributed by atoms with Gasteiger partial charge in [0.2, 0.25) is 0 Å². The van der Waals surface area contributed by atoms with Gasteiger partial charge >= 0.3 is 0 Å². The summed E-state index contributed by atoms with van der Waals surface area (Å²) in [5, 5.41) is 12.6. The molecule has 9 nitrogen and oxygen atoms in total. The molecule has 3 aromatic heterocycles. The van der Waals surface area contributed by atoms with Gasteiger partial charge in [-0.25, -0.2) is 4.98 Å². The second-order valence-electron chi connectivity index (χ2n) is 6.89. The fraction of sp³-hybridized carbons (Fsp3) is 0.471. The fourth-order valence-electron chi connectivity index (χ4n) is 3.36. The number of fused-ring (bicyclic) bond motifs is 1. The van der Waals surface area contributed by atoms with Gasteiger partial charge in [0.15, 0.2) is 17.3 Å². The Hall–Kier alpha value is -2.97. The van der Waals surface area contributed by atoms with Gasteiger partial charge in [-0.1, -0.05) is 5.16 Å². The number of nitrogens with zero attached hydrogens (tertiary/aromatic N) is 7. The Balaban J connectivity index is 1.34. The molecule has 0 bridgehead atoms. The first kappa shape index (κ1) is 15.3. The first-order chi connectivity index (χ1) is 12.8. The number of carbonyl (C=O) groups is 1. The van der Waals surface area contributed by atoms with Gasteiger partial charge in [0.25, 0.3) is 5.91 Å². The van der Waals surface area contributed by atoms with Crippen molar-refractivity contribution in [2.24, 2.45) is 0 Å². The van der Waals surface area contributed by atoms with Crippen molar-refractivity contribution in [2.75, 3.05) is 6.54 Å². The highest BCUT2D eigenvalue weighted by molar-refractivity contribution is 5.92. The lowest BCUT2D eigenvalue weighted by molar-refractivity contribution is 0.0733. The van der Waals surface area contributed by atoms with Crippen molar-refractivity contribution in [3.63, 3.8) is 0 Å². The van der Waals surface area contributed by atoms with Crippen molar-refractivity contribution in [1.82, 2.24) is 34.4 Å².